The van der Waals surface area contributed by atoms with Crippen molar-refractivity contribution in [2.24, 2.45) is 0 Å². The fraction of sp³-hybridized carbons (Fsp3) is 0.211. The van der Waals surface area contributed by atoms with Gasteiger partial charge >= 0.3 is 0 Å². The Balaban J connectivity index is 1.48. The fourth-order valence-corrected chi connectivity index (χ4v) is 2.85. The first-order valence-corrected chi connectivity index (χ1v) is 9.34. The van der Waals surface area contributed by atoms with Gasteiger partial charge in [-0.3, -0.25) is 9.59 Å². The maximum atomic E-state index is 12.0. The molecule has 1 aromatic carbocycles. The van der Waals surface area contributed by atoms with Crippen LogP contribution in [0.5, 0.6) is 5.75 Å². The molecule has 0 saturated carbocycles. The van der Waals surface area contributed by atoms with Crippen LogP contribution in [0.25, 0.3) is 0 Å². The van der Waals surface area contributed by atoms with E-state index in [1.807, 2.05) is 11.4 Å². The molecule has 0 radical (unpaired) electrons. The molecule has 3 aromatic rings. The number of anilines is 1. The number of carbonyl (C=O) groups is 2. The number of nitrogens with zero attached hydrogens (tertiary/aromatic N) is 1. The summed E-state index contributed by atoms with van der Waals surface area (Å²) in [5.74, 6) is 0.531. The largest absolute Gasteiger partial charge is 0.486 e. The molecule has 0 saturated heterocycles. The number of hydrogen-bond donors (Lipinski definition) is 2. The molecule has 3 rings (SSSR count). The third kappa shape index (κ3) is 5.41. The van der Waals surface area contributed by atoms with Gasteiger partial charge in [-0.05, 0) is 35.7 Å². The predicted molar refractivity (Wildman–Crippen MR) is 104 cm³/mol. The van der Waals surface area contributed by atoms with Crippen LogP contribution < -0.4 is 15.4 Å². The van der Waals surface area contributed by atoms with E-state index in [4.69, 9.17) is 14.0 Å². The lowest BCUT2D eigenvalue weighted by atomic mass is 10.3. The molecule has 0 bridgehead atoms. The van der Waals surface area contributed by atoms with Crippen LogP contribution in [0.1, 0.15) is 25.9 Å². The third-order valence-corrected chi connectivity index (χ3v) is 4.49. The maximum absolute atomic E-state index is 12.0. The molecular weight excluding hydrogens is 382 g/mol. The van der Waals surface area contributed by atoms with Crippen molar-refractivity contribution in [1.29, 1.82) is 0 Å². The lowest BCUT2D eigenvalue weighted by Crippen LogP contribution is -2.27. The molecule has 0 unspecified atom stereocenters. The Labute approximate surface area is 165 Å². The van der Waals surface area contributed by atoms with Crippen molar-refractivity contribution in [2.75, 3.05) is 25.6 Å². The first-order chi connectivity index (χ1) is 13.7. The highest BCUT2D eigenvalue weighted by Crippen LogP contribution is 2.19. The highest BCUT2D eigenvalue weighted by Gasteiger charge is 2.12. The number of ether oxygens (including phenoxy) is 2. The number of rotatable bonds is 9. The molecule has 0 aliphatic rings. The number of carbonyl (C=O) groups excluding carboxylic acids is 2. The van der Waals surface area contributed by atoms with E-state index in [9.17, 15) is 9.59 Å². The van der Waals surface area contributed by atoms with E-state index >= 15 is 0 Å². The predicted octanol–water partition coefficient (Wildman–Crippen LogP) is 2.94. The topological polar surface area (TPSA) is 103 Å². The molecule has 2 amide bonds. The van der Waals surface area contributed by atoms with E-state index in [2.05, 4.69) is 15.8 Å². The number of aromatic nitrogens is 1. The normalized spacial score (nSPS) is 10.5. The number of thiophene rings is 1. The van der Waals surface area contributed by atoms with Crippen LogP contribution in [-0.4, -0.2) is 37.2 Å². The molecule has 0 spiro atoms. The first-order valence-electron chi connectivity index (χ1n) is 8.46. The lowest BCUT2D eigenvalue weighted by Gasteiger charge is -2.06. The number of nitrogens with one attached hydrogen (secondary N) is 2. The molecule has 8 nitrogen and oxygen atoms in total. The zero-order chi connectivity index (χ0) is 19.8. The van der Waals surface area contributed by atoms with Gasteiger partial charge in [0.15, 0.2) is 11.5 Å². The summed E-state index contributed by atoms with van der Waals surface area (Å²) in [6.07, 6.45) is 0. The number of hydrogen-bond acceptors (Lipinski definition) is 7. The highest BCUT2D eigenvalue weighted by molar-refractivity contribution is 7.12. The van der Waals surface area contributed by atoms with E-state index in [-0.39, 0.29) is 24.1 Å². The van der Waals surface area contributed by atoms with Crippen LogP contribution in [0.15, 0.2) is 52.4 Å². The van der Waals surface area contributed by atoms with Crippen molar-refractivity contribution in [3.05, 3.63) is 64.2 Å². The second-order valence-corrected chi connectivity index (χ2v) is 6.62. The quantitative estimate of drug-likeness (QED) is 0.535. The van der Waals surface area contributed by atoms with Crippen molar-refractivity contribution in [1.82, 2.24) is 10.5 Å². The van der Waals surface area contributed by atoms with Crippen molar-refractivity contribution in [3.63, 3.8) is 0 Å². The molecule has 2 aromatic heterocycles. The summed E-state index contributed by atoms with van der Waals surface area (Å²) >= 11 is 1.38. The second-order valence-electron chi connectivity index (χ2n) is 5.67. The monoisotopic (exact) mass is 401 g/mol. The standard InChI is InChI=1S/C19H19N3O5S/c1-25-9-8-20-18(23)16-11-15(27-22-16)12-26-14-6-4-13(5-7-14)21-19(24)17-3-2-10-28-17/h2-7,10-11H,8-9,12H2,1H3,(H,20,23)(H,21,24). The minimum absolute atomic E-state index is 0.124. The van der Waals surface area contributed by atoms with Crippen LogP contribution in [0.4, 0.5) is 5.69 Å². The van der Waals surface area contributed by atoms with Crippen molar-refractivity contribution in [3.8, 4) is 5.75 Å². The minimum atomic E-state index is -0.335. The van der Waals surface area contributed by atoms with Crippen molar-refractivity contribution in [2.45, 2.75) is 6.61 Å². The zero-order valence-corrected chi connectivity index (χ0v) is 16.0. The number of benzene rings is 1. The summed E-state index contributed by atoms with van der Waals surface area (Å²) in [5, 5.41) is 11.0. The average Bonchev–Trinajstić information content (AvgIpc) is 3.40. The molecule has 0 aliphatic carbocycles. The Bertz CT molecular complexity index is 906. The second kappa shape index (κ2) is 9.67. The Morgan fingerprint density at radius 2 is 2.00 bits per heavy atom. The van der Waals surface area contributed by atoms with E-state index in [1.165, 1.54) is 17.4 Å². The van der Waals surface area contributed by atoms with Crippen LogP contribution in [0.3, 0.4) is 0 Å². The van der Waals surface area contributed by atoms with E-state index in [0.29, 0.717) is 35.2 Å². The summed E-state index contributed by atoms with van der Waals surface area (Å²) in [7, 11) is 1.56. The van der Waals surface area contributed by atoms with Gasteiger partial charge in [0.1, 0.15) is 12.4 Å². The molecular formula is C19H19N3O5S. The Hall–Kier alpha value is -3.17. The van der Waals surface area contributed by atoms with Gasteiger partial charge in [-0.1, -0.05) is 11.2 Å². The Morgan fingerprint density at radius 3 is 2.71 bits per heavy atom. The molecule has 0 aliphatic heterocycles. The number of methoxy groups -OCH3 is 1. The fourth-order valence-electron chi connectivity index (χ4n) is 2.23. The van der Waals surface area contributed by atoms with Gasteiger partial charge in [-0.15, -0.1) is 11.3 Å². The van der Waals surface area contributed by atoms with Gasteiger partial charge in [-0.2, -0.15) is 0 Å². The molecule has 0 atom stereocenters. The molecule has 9 heteroatoms. The molecule has 0 fully saturated rings. The van der Waals surface area contributed by atoms with Gasteiger partial charge in [-0.25, -0.2) is 0 Å². The summed E-state index contributed by atoms with van der Waals surface area (Å²) in [6.45, 7) is 0.936. The molecule has 2 N–H and O–H groups in total. The van der Waals surface area contributed by atoms with Crippen LogP contribution >= 0.6 is 11.3 Å². The molecule has 28 heavy (non-hydrogen) atoms. The average molecular weight is 401 g/mol. The summed E-state index contributed by atoms with van der Waals surface area (Å²) in [4.78, 5) is 24.5. The number of amides is 2. The van der Waals surface area contributed by atoms with Gasteiger partial charge in [0.2, 0.25) is 0 Å². The SMILES string of the molecule is COCCNC(=O)c1cc(COc2ccc(NC(=O)c3cccs3)cc2)on1. The molecule has 2 heterocycles. The first kappa shape index (κ1) is 19.6. The Kier molecular flexibility index (Phi) is 6.77. The van der Waals surface area contributed by atoms with Gasteiger partial charge < -0.3 is 24.6 Å². The van der Waals surface area contributed by atoms with Crippen molar-refractivity contribution < 1.29 is 23.6 Å². The minimum Gasteiger partial charge on any atom is -0.486 e. The van der Waals surface area contributed by atoms with Crippen LogP contribution in [-0.2, 0) is 11.3 Å². The summed E-state index contributed by atoms with van der Waals surface area (Å²) < 4.78 is 15.6. The van der Waals surface area contributed by atoms with Gasteiger partial charge in [0.05, 0.1) is 11.5 Å². The van der Waals surface area contributed by atoms with Crippen LogP contribution in [0, 0.1) is 0 Å². The van der Waals surface area contributed by atoms with E-state index in [0.717, 1.165) is 0 Å². The summed E-state index contributed by atoms with van der Waals surface area (Å²) in [6, 6.07) is 12.1. The zero-order valence-electron chi connectivity index (χ0n) is 15.1. The van der Waals surface area contributed by atoms with E-state index in [1.54, 1.807) is 37.4 Å². The highest BCUT2D eigenvalue weighted by atomic mass is 32.1. The summed E-state index contributed by atoms with van der Waals surface area (Å²) in [5.41, 5.74) is 0.849. The third-order valence-electron chi connectivity index (χ3n) is 3.62. The van der Waals surface area contributed by atoms with Crippen molar-refractivity contribution >= 4 is 28.8 Å². The van der Waals surface area contributed by atoms with Crippen LogP contribution in [0.2, 0.25) is 0 Å². The van der Waals surface area contributed by atoms with E-state index < -0.39 is 0 Å². The lowest BCUT2D eigenvalue weighted by molar-refractivity contribution is 0.0927. The van der Waals surface area contributed by atoms with Gasteiger partial charge in [0.25, 0.3) is 11.8 Å². The maximum Gasteiger partial charge on any atom is 0.273 e. The van der Waals surface area contributed by atoms with Gasteiger partial charge in [0, 0.05) is 25.4 Å². The smallest absolute Gasteiger partial charge is 0.273 e. The molecule has 146 valence electrons. The Morgan fingerprint density at radius 1 is 1.18 bits per heavy atom.